The SMILES string of the molecule is CCOC(=O)[C@@H](Cc1ccccc1Cl)c1ccc(Cl)cc1. The van der Waals surface area contributed by atoms with Crippen LogP contribution in [0.4, 0.5) is 0 Å². The van der Waals surface area contributed by atoms with Gasteiger partial charge < -0.3 is 4.74 Å². The largest absolute Gasteiger partial charge is 0.466 e. The molecule has 110 valence electrons. The highest BCUT2D eigenvalue weighted by Crippen LogP contribution is 2.27. The minimum absolute atomic E-state index is 0.250. The summed E-state index contributed by atoms with van der Waals surface area (Å²) in [7, 11) is 0. The van der Waals surface area contributed by atoms with Gasteiger partial charge >= 0.3 is 5.97 Å². The van der Waals surface area contributed by atoms with Gasteiger partial charge in [0.15, 0.2) is 0 Å². The molecule has 4 heteroatoms. The number of halogens is 2. The Kier molecular flexibility index (Phi) is 5.66. The lowest BCUT2D eigenvalue weighted by atomic mass is 9.92. The third-order valence-corrected chi connectivity index (χ3v) is 3.85. The normalized spacial score (nSPS) is 12.0. The van der Waals surface area contributed by atoms with Crippen LogP contribution in [0.25, 0.3) is 0 Å². The van der Waals surface area contributed by atoms with Gasteiger partial charge in [-0.15, -0.1) is 0 Å². The van der Waals surface area contributed by atoms with Crippen LogP contribution in [0, 0.1) is 0 Å². The quantitative estimate of drug-likeness (QED) is 0.733. The van der Waals surface area contributed by atoms with Crippen LogP contribution >= 0.6 is 23.2 Å². The van der Waals surface area contributed by atoms with Gasteiger partial charge in [-0.3, -0.25) is 4.79 Å². The Morgan fingerprint density at radius 1 is 1.10 bits per heavy atom. The highest BCUT2D eigenvalue weighted by Gasteiger charge is 2.23. The molecule has 1 atom stereocenters. The van der Waals surface area contributed by atoms with Crippen molar-refractivity contribution in [3.63, 3.8) is 0 Å². The number of rotatable bonds is 5. The zero-order valence-electron chi connectivity index (χ0n) is 11.7. The van der Waals surface area contributed by atoms with Crippen molar-refractivity contribution in [3.05, 3.63) is 69.7 Å². The maximum Gasteiger partial charge on any atom is 0.313 e. The number of hydrogen-bond donors (Lipinski definition) is 0. The summed E-state index contributed by atoms with van der Waals surface area (Å²) < 4.78 is 5.19. The van der Waals surface area contributed by atoms with E-state index in [2.05, 4.69) is 0 Å². The molecule has 2 aromatic rings. The number of ether oxygens (including phenoxy) is 1. The summed E-state index contributed by atoms with van der Waals surface area (Å²) in [5.74, 6) is -0.637. The molecule has 0 N–H and O–H groups in total. The second-order valence-corrected chi connectivity index (χ2v) is 5.50. The lowest BCUT2D eigenvalue weighted by molar-refractivity contribution is -0.144. The first-order chi connectivity index (χ1) is 10.1. The van der Waals surface area contributed by atoms with Gasteiger partial charge in [0.1, 0.15) is 0 Å². The Labute approximate surface area is 134 Å². The highest BCUT2D eigenvalue weighted by atomic mass is 35.5. The molecular weight excluding hydrogens is 307 g/mol. The van der Waals surface area contributed by atoms with E-state index in [0.717, 1.165) is 11.1 Å². The molecule has 2 rings (SSSR count). The molecular formula is C17H16Cl2O2. The van der Waals surface area contributed by atoms with E-state index >= 15 is 0 Å². The first-order valence-corrected chi connectivity index (χ1v) is 7.53. The molecule has 0 heterocycles. The topological polar surface area (TPSA) is 26.3 Å². The third kappa shape index (κ3) is 4.23. The van der Waals surface area contributed by atoms with Gasteiger partial charge in [-0.25, -0.2) is 0 Å². The average molecular weight is 323 g/mol. The van der Waals surface area contributed by atoms with E-state index in [-0.39, 0.29) is 11.9 Å². The van der Waals surface area contributed by atoms with Crippen molar-refractivity contribution < 1.29 is 9.53 Å². The number of benzene rings is 2. The van der Waals surface area contributed by atoms with Gasteiger partial charge in [0.05, 0.1) is 12.5 Å². The van der Waals surface area contributed by atoms with Crippen molar-refractivity contribution in [1.82, 2.24) is 0 Å². The van der Waals surface area contributed by atoms with Crippen LogP contribution in [0.3, 0.4) is 0 Å². The van der Waals surface area contributed by atoms with Gasteiger partial charge in [-0.05, 0) is 42.7 Å². The molecule has 0 aromatic heterocycles. The molecule has 0 radical (unpaired) electrons. The fourth-order valence-electron chi connectivity index (χ4n) is 2.16. The number of esters is 1. The molecule has 0 aliphatic rings. The Balaban J connectivity index is 2.30. The van der Waals surface area contributed by atoms with E-state index in [9.17, 15) is 4.79 Å². The summed E-state index contributed by atoms with van der Waals surface area (Å²) in [6.45, 7) is 2.15. The average Bonchev–Trinajstić information content (AvgIpc) is 2.48. The lowest BCUT2D eigenvalue weighted by Gasteiger charge is -2.17. The van der Waals surface area contributed by atoms with Gasteiger partial charge in [0.2, 0.25) is 0 Å². The maximum absolute atomic E-state index is 12.2. The third-order valence-electron chi connectivity index (χ3n) is 3.23. The van der Waals surface area contributed by atoms with Crippen LogP contribution < -0.4 is 0 Å². The van der Waals surface area contributed by atoms with Crippen LogP contribution in [0.15, 0.2) is 48.5 Å². The van der Waals surface area contributed by atoms with Gasteiger partial charge in [0.25, 0.3) is 0 Å². The van der Waals surface area contributed by atoms with E-state index in [0.29, 0.717) is 23.1 Å². The van der Waals surface area contributed by atoms with Crippen LogP contribution in [-0.2, 0) is 16.0 Å². The summed E-state index contributed by atoms with van der Waals surface area (Å²) >= 11 is 12.1. The fraction of sp³-hybridized carbons (Fsp3) is 0.235. The summed E-state index contributed by atoms with van der Waals surface area (Å²) in [5.41, 5.74) is 1.80. The zero-order valence-corrected chi connectivity index (χ0v) is 13.2. The van der Waals surface area contributed by atoms with E-state index in [1.807, 2.05) is 36.4 Å². The number of carbonyl (C=O) groups excluding carboxylic acids is 1. The predicted octanol–water partition coefficient (Wildman–Crippen LogP) is 4.88. The van der Waals surface area contributed by atoms with Gasteiger partial charge in [-0.1, -0.05) is 53.5 Å². The highest BCUT2D eigenvalue weighted by molar-refractivity contribution is 6.31. The fourth-order valence-corrected chi connectivity index (χ4v) is 2.50. The van der Waals surface area contributed by atoms with Crippen LogP contribution in [0.5, 0.6) is 0 Å². The smallest absolute Gasteiger partial charge is 0.313 e. The number of hydrogen-bond acceptors (Lipinski definition) is 2. The molecule has 0 saturated heterocycles. The Hall–Kier alpha value is -1.51. The van der Waals surface area contributed by atoms with Crippen LogP contribution in [0.1, 0.15) is 24.0 Å². The summed E-state index contributed by atoms with van der Waals surface area (Å²) in [6.07, 6.45) is 0.500. The van der Waals surface area contributed by atoms with Crippen molar-refractivity contribution in [1.29, 1.82) is 0 Å². The first-order valence-electron chi connectivity index (χ1n) is 6.77. The Bertz CT molecular complexity index is 608. The molecule has 2 nitrogen and oxygen atoms in total. The van der Waals surface area contributed by atoms with Crippen LogP contribution in [-0.4, -0.2) is 12.6 Å². The molecule has 0 aliphatic carbocycles. The molecule has 0 fully saturated rings. The van der Waals surface area contributed by atoms with Crippen molar-refractivity contribution in [3.8, 4) is 0 Å². The summed E-state index contributed by atoms with van der Waals surface area (Å²) in [5, 5.41) is 1.29. The Morgan fingerprint density at radius 2 is 1.76 bits per heavy atom. The van der Waals surface area contributed by atoms with E-state index in [1.54, 1.807) is 19.1 Å². The van der Waals surface area contributed by atoms with E-state index in [4.69, 9.17) is 27.9 Å². The van der Waals surface area contributed by atoms with Crippen molar-refractivity contribution >= 4 is 29.2 Å². The molecule has 0 spiro atoms. The molecule has 0 amide bonds. The standard InChI is InChI=1S/C17H16Cl2O2/c1-2-21-17(20)15(12-7-9-14(18)10-8-12)11-13-5-3-4-6-16(13)19/h3-10,15H,2,11H2,1H3/t15-/m0/s1. The van der Waals surface area contributed by atoms with E-state index in [1.165, 1.54) is 0 Å². The molecule has 21 heavy (non-hydrogen) atoms. The van der Waals surface area contributed by atoms with Gasteiger partial charge in [0, 0.05) is 10.0 Å². The minimum atomic E-state index is -0.387. The Morgan fingerprint density at radius 3 is 2.38 bits per heavy atom. The molecule has 2 aromatic carbocycles. The second-order valence-electron chi connectivity index (χ2n) is 4.65. The molecule has 0 aliphatic heterocycles. The molecule has 0 bridgehead atoms. The number of carbonyl (C=O) groups is 1. The van der Waals surface area contributed by atoms with Crippen molar-refractivity contribution in [2.24, 2.45) is 0 Å². The van der Waals surface area contributed by atoms with E-state index < -0.39 is 0 Å². The maximum atomic E-state index is 12.2. The van der Waals surface area contributed by atoms with Crippen molar-refractivity contribution in [2.75, 3.05) is 6.61 Å². The molecule has 0 saturated carbocycles. The monoisotopic (exact) mass is 322 g/mol. The summed E-state index contributed by atoms with van der Waals surface area (Å²) in [4.78, 5) is 12.2. The predicted molar refractivity (Wildman–Crippen MR) is 86.0 cm³/mol. The van der Waals surface area contributed by atoms with Crippen molar-refractivity contribution in [2.45, 2.75) is 19.3 Å². The lowest BCUT2D eigenvalue weighted by Crippen LogP contribution is -2.18. The second kappa shape index (κ2) is 7.48. The molecule has 0 unspecified atom stereocenters. The minimum Gasteiger partial charge on any atom is -0.466 e. The summed E-state index contributed by atoms with van der Waals surface area (Å²) in [6, 6.07) is 14.8. The first kappa shape index (κ1) is 15.9. The van der Waals surface area contributed by atoms with Gasteiger partial charge in [-0.2, -0.15) is 0 Å². The van der Waals surface area contributed by atoms with Crippen LogP contribution in [0.2, 0.25) is 10.0 Å². The zero-order chi connectivity index (χ0) is 15.2.